The number of aryl methyl sites for hydroxylation is 1. The molecule has 2 heterocycles. The summed E-state index contributed by atoms with van der Waals surface area (Å²) in [6.07, 6.45) is 0. The van der Waals surface area contributed by atoms with Crippen molar-refractivity contribution in [2.45, 2.75) is 6.92 Å². The summed E-state index contributed by atoms with van der Waals surface area (Å²) >= 11 is 3.09. The van der Waals surface area contributed by atoms with Gasteiger partial charge in [-0.05, 0) is 30.0 Å². The van der Waals surface area contributed by atoms with E-state index in [4.69, 9.17) is 10.0 Å². The quantitative estimate of drug-likeness (QED) is 0.758. The standard InChI is InChI=1S/C9H9BO2S2/c1-6-4-8(13-5-6)7-2-3-9(14-7)10(11)12/h2-5,11-12H,1H3. The molecule has 0 bridgehead atoms. The molecular weight excluding hydrogens is 215 g/mol. The number of hydrogen-bond donors (Lipinski definition) is 2. The molecule has 0 saturated heterocycles. The van der Waals surface area contributed by atoms with Crippen LogP contribution in [0, 0.1) is 6.92 Å². The minimum Gasteiger partial charge on any atom is -0.423 e. The first-order valence-corrected chi connectivity index (χ1v) is 5.88. The highest BCUT2D eigenvalue weighted by Gasteiger charge is 2.14. The Morgan fingerprint density at radius 1 is 1.21 bits per heavy atom. The molecule has 72 valence electrons. The van der Waals surface area contributed by atoms with Crippen molar-refractivity contribution in [3.63, 3.8) is 0 Å². The molecule has 0 aliphatic carbocycles. The molecule has 2 rings (SSSR count). The average Bonchev–Trinajstić information content (AvgIpc) is 2.70. The first kappa shape index (κ1) is 9.92. The fourth-order valence-electron chi connectivity index (χ4n) is 1.18. The van der Waals surface area contributed by atoms with E-state index in [9.17, 15) is 0 Å². The third-order valence-corrected chi connectivity index (χ3v) is 4.22. The lowest BCUT2D eigenvalue weighted by Crippen LogP contribution is -2.26. The van der Waals surface area contributed by atoms with E-state index in [2.05, 4.69) is 18.4 Å². The van der Waals surface area contributed by atoms with E-state index in [0.29, 0.717) is 4.78 Å². The van der Waals surface area contributed by atoms with Crippen LogP contribution in [0.2, 0.25) is 0 Å². The van der Waals surface area contributed by atoms with Crippen LogP contribution in [0.15, 0.2) is 23.6 Å². The van der Waals surface area contributed by atoms with Crippen molar-refractivity contribution in [1.29, 1.82) is 0 Å². The van der Waals surface area contributed by atoms with Crippen LogP contribution in [0.25, 0.3) is 9.75 Å². The van der Waals surface area contributed by atoms with Crippen molar-refractivity contribution in [1.82, 2.24) is 0 Å². The minimum atomic E-state index is -1.35. The highest BCUT2D eigenvalue weighted by molar-refractivity contribution is 7.27. The molecule has 0 amide bonds. The Morgan fingerprint density at radius 2 is 2.00 bits per heavy atom. The molecule has 2 aromatic heterocycles. The van der Waals surface area contributed by atoms with E-state index in [1.165, 1.54) is 21.8 Å². The van der Waals surface area contributed by atoms with Crippen LogP contribution in [0.5, 0.6) is 0 Å². The van der Waals surface area contributed by atoms with Gasteiger partial charge in [-0.3, -0.25) is 0 Å². The van der Waals surface area contributed by atoms with Crippen molar-refractivity contribution in [2.24, 2.45) is 0 Å². The van der Waals surface area contributed by atoms with Crippen molar-refractivity contribution in [3.05, 3.63) is 29.1 Å². The van der Waals surface area contributed by atoms with Crippen molar-refractivity contribution < 1.29 is 10.0 Å². The molecule has 0 saturated carbocycles. The number of thiophene rings is 2. The lowest BCUT2D eigenvalue weighted by molar-refractivity contribution is 0.427. The minimum absolute atomic E-state index is 0.589. The molecule has 0 atom stereocenters. The van der Waals surface area contributed by atoms with Gasteiger partial charge in [0.25, 0.3) is 0 Å². The predicted molar refractivity (Wildman–Crippen MR) is 62.2 cm³/mol. The van der Waals surface area contributed by atoms with Gasteiger partial charge < -0.3 is 10.0 Å². The maximum absolute atomic E-state index is 8.96. The van der Waals surface area contributed by atoms with Gasteiger partial charge in [0.15, 0.2) is 0 Å². The molecule has 0 radical (unpaired) electrons. The van der Waals surface area contributed by atoms with E-state index < -0.39 is 7.12 Å². The van der Waals surface area contributed by atoms with E-state index >= 15 is 0 Å². The van der Waals surface area contributed by atoms with Gasteiger partial charge >= 0.3 is 7.12 Å². The summed E-state index contributed by atoms with van der Waals surface area (Å²) in [6, 6.07) is 5.77. The van der Waals surface area contributed by atoms with Gasteiger partial charge in [0.1, 0.15) is 0 Å². The van der Waals surface area contributed by atoms with E-state index in [1.54, 1.807) is 17.4 Å². The van der Waals surface area contributed by atoms with Gasteiger partial charge in [0, 0.05) is 14.5 Å². The molecule has 0 unspecified atom stereocenters. The molecule has 0 aromatic carbocycles. The summed E-state index contributed by atoms with van der Waals surface area (Å²) in [5.74, 6) is 0. The topological polar surface area (TPSA) is 40.5 Å². The summed E-state index contributed by atoms with van der Waals surface area (Å²) in [6.45, 7) is 2.05. The van der Waals surface area contributed by atoms with Gasteiger partial charge in [0.2, 0.25) is 0 Å². The normalized spacial score (nSPS) is 10.5. The van der Waals surface area contributed by atoms with Gasteiger partial charge in [-0.25, -0.2) is 0 Å². The highest BCUT2D eigenvalue weighted by atomic mass is 32.1. The summed E-state index contributed by atoms with van der Waals surface area (Å²) in [5.41, 5.74) is 1.24. The zero-order chi connectivity index (χ0) is 10.1. The Balaban J connectivity index is 2.33. The molecule has 0 aliphatic rings. The van der Waals surface area contributed by atoms with Crippen molar-refractivity contribution >= 4 is 34.6 Å². The van der Waals surface area contributed by atoms with Gasteiger partial charge in [0.05, 0.1) is 0 Å². The summed E-state index contributed by atoms with van der Waals surface area (Å²) in [4.78, 5) is 2.27. The second kappa shape index (κ2) is 3.86. The van der Waals surface area contributed by atoms with Crippen LogP contribution in [0.4, 0.5) is 0 Å². The maximum atomic E-state index is 8.96. The van der Waals surface area contributed by atoms with E-state index in [1.807, 2.05) is 6.07 Å². The van der Waals surface area contributed by atoms with Crippen LogP contribution in [0.3, 0.4) is 0 Å². The molecule has 0 spiro atoms. The zero-order valence-corrected chi connectivity index (χ0v) is 9.23. The first-order chi connectivity index (χ1) is 6.66. The zero-order valence-electron chi connectivity index (χ0n) is 7.60. The molecule has 2 nitrogen and oxygen atoms in total. The van der Waals surface area contributed by atoms with Crippen LogP contribution >= 0.6 is 22.7 Å². The number of hydrogen-bond acceptors (Lipinski definition) is 4. The lowest BCUT2D eigenvalue weighted by Gasteiger charge is -1.90. The first-order valence-electron chi connectivity index (χ1n) is 4.18. The monoisotopic (exact) mass is 224 g/mol. The van der Waals surface area contributed by atoms with E-state index in [0.717, 1.165) is 4.88 Å². The summed E-state index contributed by atoms with van der Waals surface area (Å²) in [7, 11) is -1.35. The second-order valence-corrected chi connectivity index (χ2v) is 5.09. The van der Waals surface area contributed by atoms with Crippen LogP contribution in [-0.4, -0.2) is 17.2 Å². The summed E-state index contributed by atoms with van der Waals surface area (Å²) in [5, 5.41) is 20.0. The molecule has 5 heteroatoms. The largest absolute Gasteiger partial charge is 0.499 e. The van der Waals surface area contributed by atoms with E-state index in [-0.39, 0.29) is 0 Å². The van der Waals surface area contributed by atoms with Gasteiger partial charge in [-0.2, -0.15) is 0 Å². The number of rotatable bonds is 2. The third kappa shape index (κ3) is 1.91. The maximum Gasteiger partial charge on any atom is 0.499 e. The molecule has 0 aliphatic heterocycles. The van der Waals surface area contributed by atoms with Crippen LogP contribution in [-0.2, 0) is 0 Å². The molecule has 0 fully saturated rings. The van der Waals surface area contributed by atoms with Gasteiger partial charge in [-0.15, -0.1) is 22.7 Å². The third-order valence-electron chi connectivity index (χ3n) is 1.85. The SMILES string of the molecule is Cc1csc(-c2ccc(B(O)O)s2)c1. The predicted octanol–water partition coefficient (Wildman–Crippen LogP) is 1.46. The molecule has 14 heavy (non-hydrogen) atoms. The van der Waals surface area contributed by atoms with Crippen LogP contribution in [0.1, 0.15) is 5.56 Å². The Bertz CT molecular complexity index is 433. The smallest absolute Gasteiger partial charge is 0.423 e. The Labute approximate surface area is 90.6 Å². The molecule has 2 aromatic rings. The lowest BCUT2D eigenvalue weighted by atomic mass is 9.90. The molecular formula is C9H9BO2S2. The fourth-order valence-corrected chi connectivity index (χ4v) is 3.06. The molecule has 2 N–H and O–H groups in total. The highest BCUT2D eigenvalue weighted by Crippen LogP contribution is 2.29. The Hall–Kier alpha value is -0.615. The fraction of sp³-hybridized carbons (Fsp3) is 0.111. The van der Waals surface area contributed by atoms with Crippen molar-refractivity contribution in [3.8, 4) is 9.75 Å². The van der Waals surface area contributed by atoms with Crippen molar-refractivity contribution in [2.75, 3.05) is 0 Å². The Kier molecular flexibility index (Phi) is 2.74. The average molecular weight is 224 g/mol. The summed E-state index contributed by atoms with van der Waals surface area (Å²) < 4.78 is 0.589. The van der Waals surface area contributed by atoms with Gasteiger partial charge in [-0.1, -0.05) is 6.07 Å². The second-order valence-electron chi connectivity index (χ2n) is 3.06. The van der Waals surface area contributed by atoms with Crippen LogP contribution < -0.4 is 4.78 Å². The Morgan fingerprint density at radius 3 is 2.50 bits per heavy atom.